The quantitative estimate of drug-likeness (QED) is 0.410. The molecule has 0 fully saturated rings. The summed E-state index contributed by atoms with van der Waals surface area (Å²) in [6, 6.07) is 15.2. The molecule has 0 radical (unpaired) electrons. The fourth-order valence-electron chi connectivity index (χ4n) is 3.56. The lowest BCUT2D eigenvalue weighted by atomic mass is 10.1. The third-order valence-corrected chi connectivity index (χ3v) is 5.26. The number of nitrogens with one attached hydrogen (secondary N) is 1. The molecule has 31 heavy (non-hydrogen) atoms. The third kappa shape index (κ3) is 4.49. The number of aromatic amines is 1. The zero-order valence-corrected chi connectivity index (χ0v) is 18.4. The summed E-state index contributed by atoms with van der Waals surface area (Å²) in [6.07, 6.45) is 2.55. The number of para-hydroxylation sites is 1. The number of fused-ring (bicyclic) bond motifs is 1. The fourth-order valence-corrected chi connectivity index (χ4v) is 3.69. The van der Waals surface area contributed by atoms with Gasteiger partial charge in [-0.15, -0.1) is 0 Å². The molecule has 0 saturated carbocycles. The van der Waals surface area contributed by atoms with Crippen molar-refractivity contribution in [1.82, 2.24) is 19.7 Å². The number of H-pyrrole nitrogens is 1. The van der Waals surface area contributed by atoms with Crippen molar-refractivity contribution in [2.45, 2.75) is 39.7 Å². The van der Waals surface area contributed by atoms with E-state index in [1.165, 1.54) is 0 Å². The van der Waals surface area contributed by atoms with E-state index in [-0.39, 0.29) is 5.56 Å². The first kappa shape index (κ1) is 21.1. The molecule has 2 heterocycles. The van der Waals surface area contributed by atoms with Gasteiger partial charge in [0, 0.05) is 5.02 Å². The van der Waals surface area contributed by atoms with Gasteiger partial charge in [0.2, 0.25) is 0 Å². The van der Waals surface area contributed by atoms with Gasteiger partial charge in [-0.05, 0) is 42.7 Å². The van der Waals surface area contributed by atoms with Gasteiger partial charge in [0.05, 0.1) is 24.4 Å². The van der Waals surface area contributed by atoms with Crippen LogP contribution in [-0.4, -0.2) is 26.4 Å². The van der Waals surface area contributed by atoms with Crippen LogP contribution in [0.2, 0.25) is 5.02 Å². The molecule has 0 unspecified atom stereocenters. The molecule has 4 rings (SSSR count). The summed E-state index contributed by atoms with van der Waals surface area (Å²) >= 11 is 6.00. The van der Waals surface area contributed by atoms with E-state index >= 15 is 0 Å². The van der Waals surface area contributed by atoms with Crippen LogP contribution in [0.1, 0.15) is 37.9 Å². The lowest BCUT2D eigenvalue weighted by molar-refractivity contribution is 0.318. The maximum Gasteiger partial charge on any atom is 0.277 e. The lowest BCUT2D eigenvalue weighted by Gasteiger charge is -2.10. The van der Waals surface area contributed by atoms with E-state index in [0.717, 1.165) is 36.1 Å². The van der Waals surface area contributed by atoms with E-state index in [2.05, 4.69) is 18.8 Å². The van der Waals surface area contributed by atoms with Gasteiger partial charge >= 0.3 is 0 Å². The first-order chi connectivity index (χ1) is 15.1. The molecule has 0 saturated heterocycles. The van der Waals surface area contributed by atoms with Crippen molar-refractivity contribution in [2.24, 2.45) is 0 Å². The third-order valence-electron chi connectivity index (χ3n) is 5.00. The van der Waals surface area contributed by atoms with Gasteiger partial charge in [0.1, 0.15) is 17.1 Å². The highest BCUT2D eigenvalue weighted by molar-refractivity contribution is 6.30. The van der Waals surface area contributed by atoms with Gasteiger partial charge < -0.3 is 9.72 Å². The number of benzene rings is 2. The Bertz CT molecular complexity index is 1240. The van der Waals surface area contributed by atoms with Crippen LogP contribution in [-0.2, 0) is 13.0 Å². The number of halogens is 1. The number of ether oxygens (including phenoxy) is 1. The zero-order chi connectivity index (χ0) is 21.8. The minimum Gasteiger partial charge on any atom is -0.493 e. The van der Waals surface area contributed by atoms with Crippen LogP contribution in [0, 0.1) is 0 Å². The second kappa shape index (κ2) is 9.35. The smallest absolute Gasteiger partial charge is 0.277 e. The van der Waals surface area contributed by atoms with Crippen LogP contribution < -0.4 is 10.3 Å². The monoisotopic (exact) mass is 436 g/mol. The molecule has 1 N–H and O–H groups in total. The molecule has 4 aromatic rings. The van der Waals surface area contributed by atoms with Crippen molar-refractivity contribution in [3.63, 3.8) is 0 Å². The molecule has 2 aromatic carbocycles. The number of rotatable bonds is 8. The summed E-state index contributed by atoms with van der Waals surface area (Å²) in [5.74, 6) is 1.20. The zero-order valence-electron chi connectivity index (χ0n) is 17.7. The molecule has 6 nitrogen and oxygen atoms in total. The fraction of sp³-hybridized carbons (Fsp3) is 0.292. The van der Waals surface area contributed by atoms with Crippen molar-refractivity contribution in [1.29, 1.82) is 0 Å². The Morgan fingerprint density at radius 1 is 1.06 bits per heavy atom. The van der Waals surface area contributed by atoms with Crippen LogP contribution in [0.3, 0.4) is 0 Å². The summed E-state index contributed by atoms with van der Waals surface area (Å²) in [4.78, 5) is 20.9. The second-order valence-corrected chi connectivity index (χ2v) is 7.87. The largest absolute Gasteiger partial charge is 0.493 e. The lowest BCUT2D eigenvalue weighted by Crippen LogP contribution is -2.15. The number of aryl methyl sites for hydroxylation is 1. The van der Waals surface area contributed by atoms with Gasteiger partial charge in [-0.2, -0.15) is 5.10 Å². The van der Waals surface area contributed by atoms with Gasteiger partial charge in [0.15, 0.2) is 5.52 Å². The number of hydrogen-bond donors (Lipinski definition) is 1. The van der Waals surface area contributed by atoms with Crippen LogP contribution in [0.25, 0.3) is 22.4 Å². The van der Waals surface area contributed by atoms with E-state index in [1.807, 2.05) is 48.5 Å². The highest BCUT2D eigenvalue weighted by Gasteiger charge is 2.18. The van der Waals surface area contributed by atoms with Crippen molar-refractivity contribution in [3.05, 3.63) is 75.2 Å². The Balaban J connectivity index is 1.83. The SMILES string of the molecule is CCCOc1ccccc1-c1nc2c(CCC)nn(Cc3ccc(Cl)cc3)c2c(=O)[nH]1. The molecule has 0 spiro atoms. The molecule has 0 bridgehead atoms. The summed E-state index contributed by atoms with van der Waals surface area (Å²) < 4.78 is 7.61. The Labute approximate surface area is 185 Å². The Kier molecular flexibility index (Phi) is 6.37. The van der Waals surface area contributed by atoms with Crippen LogP contribution in [0.5, 0.6) is 5.75 Å². The molecule has 7 heteroatoms. The Morgan fingerprint density at radius 3 is 2.58 bits per heavy atom. The van der Waals surface area contributed by atoms with Gasteiger partial charge in [-0.1, -0.05) is 56.1 Å². The molecule has 0 aliphatic carbocycles. The van der Waals surface area contributed by atoms with Crippen LogP contribution in [0.4, 0.5) is 0 Å². The summed E-state index contributed by atoms with van der Waals surface area (Å²) in [5, 5.41) is 5.41. The predicted molar refractivity (Wildman–Crippen MR) is 124 cm³/mol. The molecule has 0 atom stereocenters. The van der Waals surface area contributed by atoms with Gasteiger partial charge in [-0.3, -0.25) is 9.48 Å². The highest BCUT2D eigenvalue weighted by atomic mass is 35.5. The average molecular weight is 437 g/mol. The minimum absolute atomic E-state index is 0.214. The summed E-state index contributed by atoms with van der Waals surface area (Å²) in [7, 11) is 0. The minimum atomic E-state index is -0.214. The van der Waals surface area contributed by atoms with E-state index in [1.54, 1.807) is 4.68 Å². The second-order valence-electron chi connectivity index (χ2n) is 7.44. The van der Waals surface area contributed by atoms with Crippen molar-refractivity contribution in [3.8, 4) is 17.1 Å². The molecule has 160 valence electrons. The van der Waals surface area contributed by atoms with E-state index < -0.39 is 0 Å². The van der Waals surface area contributed by atoms with Gasteiger partial charge in [0.25, 0.3) is 5.56 Å². The van der Waals surface area contributed by atoms with Crippen LogP contribution in [0.15, 0.2) is 53.3 Å². The van der Waals surface area contributed by atoms with Crippen molar-refractivity contribution in [2.75, 3.05) is 6.61 Å². The molecule has 0 amide bonds. The average Bonchev–Trinajstić information content (AvgIpc) is 3.12. The normalized spacial score (nSPS) is 11.2. The molecule has 0 aliphatic heterocycles. The number of hydrogen-bond acceptors (Lipinski definition) is 4. The van der Waals surface area contributed by atoms with Crippen molar-refractivity contribution < 1.29 is 4.74 Å². The van der Waals surface area contributed by atoms with E-state index in [4.69, 9.17) is 26.4 Å². The molecular weight excluding hydrogens is 412 g/mol. The number of nitrogens with zero attached hydrogens (tertiary/aromatic N) is 3. The Morgan fingerprint density at radius 2 is 1.84 bits per heavy atom. The summed E-state index contributed by atoms with van der Waals surface area (Å²) in [5.41, 5.74) is 3.51. The molecule has 2 aromatic heterocycles. The maximum atomic E-state index is 13.2. The topological polar surface area (TPSA) is 72.8 Å². The first-order valence-electron chi connectivity index (χ1n) is 10.6. The van der Waals surface area contributed by atoms with E-state index in [9.17, 15) is 4.79 Å². The van der Waals surface area contributed by atoms with Gasteiger partial charge in [-0.25, -0.2) is 4.98 Å². The number of aromatic nitrogens is 4. The molecular formula is C24H25ClN4O2. The predicted octanol–water partition coefficient (Wildman–Crippen LogP) is 5.23. The maximum absolute atomic E-state index is 13.2. The first-order valence-corrected chi connectivity index (χ1v) is 10.9. The standard InChI is InChI=1S/C24H25ClN4O2/c1-3-7-19-21-22(29(28-19)15-16-10-12-17(25)13-11-16)24(30)27-23(26-21)18-8-5-6-9-20(18)31-14-4-2/h5-6,8-13H,3-4,7,14-15H2,1-2H3,(H,26,27,30). The molecule has 0 aliphatic rings. The highest BCUT2D eigenvalue weighted by Crippen LogP contribution is 2.28. The van der Waals surface area contributed by atoms with E-state index in [0.29, 0.717) is 40.8 Å². The van der Waals surface area contributed by atoms with Crippen LogP contribution >= 0.6 is 11.6 Å². The van der Waals surface area contributed by atoms with Crippen molar-refractivity contribution >= 4 is 22.6 Å². The summed E-state index contributed by atoms with van der Waals surface area (Å²) in [6.45, 7) is 5.22. The Hall–Kier alpha value is -3.12.